The molecule has 0 radical (unpaired) electrons. The highest BCUT2D eigenvalue weighted by molar-refractivity contribution is 5.69. The van der Waals surface area contributed by atoms with E-state index in [0.717, 1.165) is 5.56 Å². The van der Waals surface area contributed by atoms with Crippen molar-refractivity contribution in [2.45, 2.75) is 26.2 Å². The van der Waals surface area contributed by atoms with E-state index in [2.05, 4.69) is 10.1 Å². The monoisotopic (exact) mass is 235 g/mol. The van der Waals surface area contributed by atoms with Gasteiger partial charge in [-0.1, -0.05) is 13.8 Å². The van der Waals surface area contributed by atoms with Crippen LogP contribution >= 0.6 is 0 Å². The lowest BCUT2D eigenvalue weighted by Gasteiger charge is -2.02. The van der Waals surface area contributed by atoms with Crippen molar-refractivity contribution >= 4 is 11.6 Å². The minimum atomic E-state index is -0.997. The van der Waals surface area contributed by atoms with Gasteiger partial charge in [-0.2, -0.15) is 0 Å². The lowest BCUT2D eigenvalue weighted by molar-refractivity contribution is -0.136. The van der Waals surface area contributed by atoms with Crippen LogP contribution in [0.15, 0.2) is 17.1 Å². The lowest BCUT2D eigenvalue weighted by Crippen LogP contribution is -2.17. The first kappa shape index (κ1) is 11.4. The van der Waals surface area contributed by atoms with Crippen molar-refractivity contribution < 1.29 is 9.90 Å². The summed E-state index contributed by atoms with van der Waals surface area (Å²) in [6.07, 6.45) is 1.48. The Bertz CT molecular complexity index is 624. The Labute approximate surface area is 96.9 Å². The highest BCUT2D eigenvalue weighted by Gasteiger charge is 2.12. The van der Waals surface area contributed by atoms with Crippen LogP contribution in [0.3, 0.4) is 0 Å². The maximum Gasteiger partial charge on any atom is 0.309 e. The fourth-order valence-electron chi connectivity index (χ4n) is 1.72. The molecule has 0 amide bonds. The molecule has 0 saturated carbocycles. The Kier molecular flexibility index (Phi) is 2.71. The molecule has 2 aromatic rings. The molecule has 0 spiro atoms. The van der Waals surface area contributed by atoms with Crippen LogP contribution in [-0.4, -0.2) is 25.7 Å². The molecule has 2 rings (SSSR count). The van der Waals surface area contributed by atoms with Gasteiger partial charge in [-0.15, -0.1) is 0 Å². The molecule has 0 aromatic carbocycles. The zero-order valence-corrected chi connectivity index (χ0v) is 9.60. The Balaban J connectivity index is 2.64. The van der Waals surface area contributed by atoms with E-state index in [1.54, 1.807) is 6.20 Å². The summed E-state index contributed by atoms with van der Waals surface area (Å²) < 4.78 is 1.32. The van der Waals surface area contributed by atoms with Crippen LogP contribution < -0.4 is 5.56 Å². The quantitative estimate of drug-likeness (QED) is 0.822. The van der Waals surface area contributed by atoms with Crippen LogP contribution in [0.25, 0.3) is 5.65 Å². The third-order valence-electron chi connectivity index (χ3n) is 2.53. The van der Waals surface area contributed by atoms with E-state index in [-0.39, 0.29) is 23.6 Å². The number of rotatable bonds is 3. The fourth-order valence-corrected chi connectivity index (χ4v) is 1.72. The number of carbonyl (C=O) groups is 1. The molecule has 0 aliphatic rings. The Hall–Kier alpha value is -2.11. The van der Waals surface area contributed by atoms with Crippen molar-refractivity contribution in [2.75, 3.05) is 0 Å². The lowest BCUT2D eigenvalue weighted by atomic mass is 10.1. The average molecular weight is 235 g/mol. The molecule has 0 fully saturated rings. The summed E-state index contributed by atoms with van der Waals surface area (Å²) in [5.41, 5.74) is 1.39. The molecule has 0 aliphatic carbocycles. The van der Waals surface area contributed by atoms with Crippen LogP contribution in [0, 0.1) is 0 Å². The molecule has 6 nitrogen and oxygen atoms in total. The van der Waals surface area contributed by atoms with Crippen molar-refractivity contribution in [1.29, 1.82) is 0 Å². The number of carboxylic acid groups (broad SMARTS) is 1. The fraction of sp³-hybridized carbons (Fsp3) is 0.364. The summed E-state index contributed by atoms with van der Waals surface area (Å²) in [5.74, 6) is -0.786. The minimum absolute atomic E-state index is 0.211. The average Bonchev–Trinajstić information content (AvgIpc) is 2.60. The number of H-pyrrole nitrogens is 1. The van der Waals surface area contributed by atoms with Gasteiger partial charge in [0, 0.05) is 17.8 Å². The standard InChI is InChI=1S/C11H13N3O3/c1-6(2)8-5-12-14-9(15)3-7(4-10(16)17)13-11(8)14/h3,5-6,12H,4H2,1-2H3,(H,16,17). The summed E-state index contributed by atoms with van der Waals surface area (Å²) >= 11 is 0. The zero-order valence-electron chi connectivity index (χ0n) is 9.60. The number of aliphatic carboxylic acids is 1. The largest absolute Gasteiger partial charge is 0.481 e. The van der Waals surface area contributed by atoms with Crippen LogP contribution in [0.5, 0.6) is 0 Å². The maximum atomic E-state index is 11.7. The van der Waals surface area contributed by atoms with Crippen molar-refractivity contribution in [1.82, 2.24) is 14.6 Å². The predicted octanol–water partition coefficient (Wildman–Crippen LogP) is 0.773. The molecule has 90 valence electrons. The second kappa shape index (κ2) is 4.04. The SMILES string of the molecule is CC(C)c1c[nH]n2c(=O)cc(CC(=O)O)nc12. The van der Waals surface area contributed by atoms with Crippen LogP contribution in [0.2, 0.25) is 0 Å². The van der Waals surface area contributed by atoms with Crippen LogP contribution in [0.1, 0.15) is 31.0 Å². The summed E-state index contributed by atoms with van der Waals surface area (Å²) in [6, 6.07) is 1.24. The molecular formula is C11H13N3O3. The van der Waals surface area contributed by atoms with Gasteiger partial charge in [0.05, 0.1) is 12.1 Å². The minimum Gasteiger partial charge on any atom is -0.481 e. The number of carboxylic acids is 1. The third kappa shape index (κ3) is 2.06. The maximum absolute atomic E-state index is 11.7. The molecule has 6 heteroatoms. The molecule has 2 heterocycles. The van der Waals surface area contributed by atoms with Gasteiger partial charge < -0.3 is 5.11 Å². The predicted molar refractivity (Wildman–Crippen MR) is 61.2 cm³/mol. The van der Waals surface area contributed by atoms with Gasteiger partial charge in [0.25, 0.3) is 5.56 Å². The first-order valence-corrected chi connectivity index (χ1v) is 5.31. The van der Waals surface area contributed by atoms with Gasteiger partial charge in [0.2, 0.25) is 0 Å². The molecule has 0 saturated heterocycles. The normalized spacial score (nSPS) is 11.2. The van der Waals surface area contributed by atoms with E-state index >= 15 is 0 Å². The summed E-state index contributed by atoms with van der Waals surface area (Å²) in [7, 11) is 0. The van der Waals surface area contributed by atoms with Gasteiger partial charge in [-0.25, -0.2) is 9.50 Å². The zero-order chi connectivity index (χ0) is 12.6. The number of aromatic nitrogens is 3. The smallest absolute Gasteiger partial charge is 0.309 e. The van der Waals surface area contributed by atoms with E-state index in [1.807, 2.05) is 13.8 Å². The molecule has 2 N–H and O–H groups in total. The van der Waals surface area contributed by atoms with Gasteiger partial charge in [0.1, 0.15) is 0 Å². The van der Waals surface area contributed by atoms with Crippen LogP contribution in [-0.2, 0) is 11.2 Å². The summed E-state index contributed by atoms with van der Waals surface area (Å²) in [4.78, 5) is 26.5. The van der Waals surface area contributed by atoms with Crippen molar-refractivity contribution in [3.63, 3.8) is 0 Å². The first-order valence-electron chi connectivity index (χ1n) is 5.31. The van der Waals surface area contributed by atoms with E-state index in [9.17, 15) is 9.59 Å². The molecule has 17 heavy (non-hydrogen) atoms. The Morgan fingerprint density at radius 2 is 2.29 bits per heavy atom. The topological polar surface area (TPSA) is 87.5 Å². The van der Waals surface area contributed by atoms with E-state index in [4.69, 9.17) is 5.11 Å². The second-order valence-corrected chi connectivity index (χ2v) is 4.20. The van der Waals surface area contributed by atoms with Gasteiger partial charge in [0.15, 0.2) is 5.65 Å². The van der Waals surface area contributed by atoms with E-state index in [1.165, 1.54) is 10.6 Å². The molecule has 0 unspecified atom stereocenters. The number of nitrogens with zero attached hydrogens (tertiary/aromatic N) is 2. The van der Waals surface area contributed by atoms with Crippen LogP contribution in [0.4, 0.5) is 0 Å². The van der Waals surface area contributed by atoms with E-state index in [0.29, 0.717) is 5.65 Å². The van der Waals surface area contributed by atoms with Gasteiger partial charge in [-0.3, -0.25) is 14.7 Å². The molecule has 0 atom stereocenters. The Morgan fingerprint density at radius 1 is 1.59 bits per heavy atom. The number of fused-ring (bicyclic) bond motifs is 1. The van der Waals surface area contributed by atoms with E-state index < -0.39 is 5.97 Å². The summed E-state index contributed by atoms with van der Waals surface area (Å²) in [5, 5.41) is 11.5. The second-order valence-electron chi connectivity index (χ2n) is 4.20. The molecule has 2 aromatic heterocycles. The number of nitrogens with one attached hydrogen (secondary N) is 1. The van der Waals surface area contributed by atoms with Crippen molar-refractivity contribution in [2.24, 2.45) is 0 Å². The summed E-state index contributed by atoms with van der Waals surface area (Å²) in [6.45, 7) is 3.97. The van der Waals surface area contributed by atoms with Gasteiger partial charge in [-0.05, 0) is 5.92 Å². The highest BCUT2D eigenvalue weighted by atomic mass is 16.4. The number of hydrogen-bond acceptors (Lipinski definition) is 3. The van der Waals surface area contributed by atoms with Crippen molar-refractivity contribution in [3.8, 4) is 0 Å². The highest BCUT2D eigenvalue weighted by Crippen LogP contribution is 2.17. The molecular weight excluding hydrogens is 222 g/mol. The molecule has 0 aliphatic heterocycles. The number of aromatic amines is 1. The van der Waals surface area contributed by atoms with Gasteiger partial charge >= 0.3 is 5.97 Å². The number of hydrogen-bond donors (Lipinski definition) is 2. The third-order valence-corrected chi connectivity index (χ3v) is 2.53. The molecule has 0 bridgehead atoms. The first-order chi connectivity index (χ1) is 7.99. The Morgan fingerprint density at radius 3 is 2.88 bits per heavy atom. The van der Waals surface area contributed by atoms with Crippen molar-refractivity contribution in [3.05, 3.63) is 33.9 Å².